The maximum atomic E-state index is 12.3. The molecule has 0 N–H and O–H groups in total. The number of rotatable bonds is 3. The first-order chi connectivity index (χ1) is 6.95. The summed E-state index contributed by atoms with van der Waals surface area (Å²) in [6.45, 7) is 3.50. The van der Waals surface area contributed by atoms with Gasteiger partial charge >= 0.3 is 6.18 Å². The van der Waals surface area contributed by atoms with Gasteiger partial charge in [0.2, 0.25) is 0 Å². The van der Waals surface area contributed by atoms with Gasteiger partial charge in [-0.2, -0.15) is 13.2 Å². The van der Waals surface area contributed by atoms with E-state index in [-0.39, 0.29) is 17.4 Å². The minimum atomic E-state index is -4.39. The van der Waals surface area contributed by atoms with Crippen LogP contribution in [0.3, 0.4) is 0 Å². The van der Waals surface area contributed by atoms with E-state index in [0.29, 0.717) is 0 Å². The molecule has 0 saturated heterocycles. The fourth-order valence-corrected chi connectivity index (χ4v) is 1.11. The first kappa shape index (κ1) is 11.9. The maximum Gasteiger partial charge on any atom is 0.416 e. The Morgan fingerprint density at radius 2 is 2.07 bits per heavy atom. The third kappa shape index (κ3) is 3.16. The molecule has 0 unspecified atom stereocenters. The Bertz CT molecular complexity index is 360. The Labute approximate surface area is 90.1 Å². The zero-order valence-electron chi connectivity index (χ0n) is 7.64. The topological polar surface area (TPSA) is 9.23 Å². The van der Waals surface area contributed by atoms with Crippen LogP contribution in [0.4, 0.5) is 13.2 Å². The SMILES string of the molecule is C=CCOc1cc(C(F)(F)F)ccc1Cl. The van der Waals surface area contributed by atoms with Crippen molar-refractivity contribution in [1.82, 2.24) is 0 Å². The monoisotopic (exact) mass is 236 g/mol. The molecule has 1 nitrogen and oxygen atoms in total. The van der Waals surface area contributed by atoms with Gasteiger partial charge in [-0.05, 0) is 18.2 Å². The quantitative estimate of drug-likeness (QED) is 0.723. The van der Waals surface area contributed by atoms with Crippen LogP contribution in [0.2, 0.25) is 5.02 Å². The third-order valence-electron chi connectivity index (χ3n) is 1.62. The zero-order chi connectivity index (χ0) is 11.5. The van der Waals surface area contributed by atoms with Crippen molar-refractivity contribution in [2.24, 2.45) is 0 Å². The zero-order valence-corrected chi connectivity index (χ0v) is 8.40. The molecule has 0 amide bonds. The molecule has 15 heavy (non-hydrogen) atoms. The van der Waals surface area contributed by atoms with E-state index in [1.54, 1.807) is 0 Å². The summed E-state index contributed by atoms with van der Waals surface area (Å²) in [7, 11) is 0. The molecule has 0 aliphatic rings. The molecule has 0 aliphatic carbocycles. The fourth-order valence-electron chi connectivity index (χ4n) is 0.939. The minimum Gasteiger partial charge on any atom is -0.488 e. The molecule has 0 fully saturated rings. The van der Waals surface area contributed by atoms with E-state index in [4.69, 9.17) is 16.3 Å². The molecule has 0 radical (unpaired) electrons. The molecule has 0 heterocycles. The van der Waals surface area contributed by atoms with Crippen LogP contribution in [0.15, 0.2) is 30.9 Å². The van der Waals surface area contributed by atoms with Crippen molar-refractivity contribution in [3.8, 4) is 5.75 Å². The summed E-state index contributed by atoms with van der Waals surface area (Å²) in [5.41, 5.74) is -0.786. The minimum absolute atomic E-state index is 0.00592. The summed E-state index contributed by atoms with van der Waals surface area (Å²) >= 11 is 5.66. The van der Waals surface area contributed by atoms with E-state index in [1.165, 1.54) is 6.08 Å². The number of alkyl halides is 3. The second kappa shape index (κ2) is 4.57. The summed E-state index contributed by atoms with van der Waals surface area (Å²) in [6.07, 6.45) is -2.96. The van der Waals surface area contributed by atoms with Crippen LogP contribution in [0.1, 0.15) is 5.56 Å². The molecule has 0 atom stereocenters. The number of benzene rings is 1. The number of ether oxygens (including phenoxy) is 1. The highest BCUT2D eigenvalue weighted by molar-refractivity contribution is 6.32. The molecule has 82 valence electrons. The van der Waals surface area contributed by atoms with Gasteiger partial charge in [0.05, 0.1) is 10.6 Å². The average Bonchev–Trinajstić information content (AvgIpc) is 2.15. The van der Waals surface area contributed by atoms with Gasteiger partial charge in [0.1, 0.15) is 12.4 Å². The first-order valence-corrected chi connectivity index (χ1v) is 4.43. The largest absolute Gasteiger partial charge is 0.488 e. The van der Waals surface area contributed by atoms with Gasteiger partial charge in [0, 0.05) is 0 Å². The van der Waals surface area contributed by atoms with Crippen molar-refractivity contribution in [2.75, 3.05) is 6.61 Å². The Kier molecular flexibility index (Phi) is 3.63. The molecule has 1 rings (SSSR count). The van der Waals surface area contributed by atoms with Gasteiger partial charge in [-0.1, -0.05) is 24.3 Å². The summed E-state index contributed by atoms with van der Waals surface area (Å²) in [5.74, 6) is 0.00592. The summed E-state index contributed by atoms with van der Waals surface area (Å²) < 4.78 is 41.9. The highest BCUT2D eigenvalue weighted by Crippen LogP contribution is 2.34. The summed E-state index contributed by atoms with van der Waals surface area (Å²) in [6, 6.07) is 2.93. The predicted molar refractivity (Wildman–Crippen MR) is 52.1 cm³/mol. The molecular formula is C10H8ClF3O. The lowest BCUT2D eigenvalue weighted by atomic mass is 10.2. The highest BCUT2D eigenvalue weighted by Gasteiger charge is 2.31. The van der Waals surface area contributed by atoms with E-state index in [9.17, 15) is 13.2 Å². The first-order valence-electron chi connectivity index (χ1n) is 4.05. The molecule has 5 heteroatoms. The van der Waals surface area contributed by atoms with Crippen molar-refractivity contribution in [3.05, 3.63) is 41.4 Å². The Morgan fingerprint density at radius 1 is 1.40 bits per heavy atom. The van der Waals surface area contributed by atoms with E-state index in [2.05, 4.69) is 6.58 Å². The lowest BCUT2D eigenvalue weighted by molar-refractivity contribution is -0.137. The van der Waals surface area contributed by atoms with Crippen molar-refractivity contribution in [1.29, 1.82) is 0 Å². The van der Waals surface area contributed by atoms with Gasteiger partial charge in [-0.15, -0.1) is 0 Å². The smallest absolute Gasteiger partial charge is 0.416 e. The van der Waals surface area contributed by atoms with Gasteiger partial charge in [0.25, 0.3) is 0 Å². The van der Waals surface area contributed by atoms with Crippen molar-refractivity contribution in [2.45, 2.75) is 6.18 Å². The number of hydrogen-bond acceptors (Lipinski definition) is 1. The molecule has 1 aromatic rings. The summed E-state index contributed by atoms with van der Waals surface area (Å²) in [5, 5.41) is 0.143. The summed E-state index contributed by atoms with van der Waals surface area (Å²) in [4.78, 5) is 0. The lowest BCUT2D eigenvalue weighted by Gasteiger charge is -2.10. The molecule has 0 bridgehead atoms. The Hall–Kier alpha value is -1.16. The van der Waals surface area contributed by atoms with E-state index in [0.717, 1.165) is 18.2 Å². The van der Waals surface area contributed by atoms with Crippen LogP contribution in [0.25, 0.3) is 0 Å². The van der Waals surface area contributed by atoms with Crippen LogP contribution in [-0.2, 0) is 6.18 Å². The van der Waals surface area contributed by atoms with E-state index in [1.807, 2.05) is 0 Å². The van der Waals surface area contributed by atoms with Crippen LogP contribution < -0.4 is 4.74 Å². The third-order valence-corrected chi connectivity index (χ3v) is 1.93. The highest BCUT2D eigenvalue weighted by atomic mass is 35.5. The predicted octanol–water partition coefficient (Wildman–Crippen LogP) is 3.92. The second-order valence-electron chi connectivity index (χ2n) is 2.74. The fraction of sp³-hybridized carbons (Fsp3) is 0.200. The van der Waals surface area contributed by atoms with Crippen LogP contribution in [0, 0.1) is 0 Å². The molecule has 0 saturated carbocycles. The van der Waals surface area contributed by atoms with Gasteiger partial charge in [-0.3, -0.25) is 0 Å². The van der Waals surface area contributed by atoms with Crippen molar-refractivity contribution in [3.63, 3.8) is 0 Å². The molecule has 1 aromatic carbocycles. The molecule has 0 spiro atoms. The van der Waals surface area contributed by atoms with Crippen LogP contribution in [0.5, 0.6) is 5.75 Å². The number of hydrogen-bond donors (Lipinski definition) is 0. The van der Waals surface area contributed by atoms with Gasteiger partial charge in [0.15, 0.2) is 0 Å². The lowest BCUT2D eigenvalue weighted by Crippen LogP contribution is -2.05. The maximum absolute atomic E-state index is 12.3. The molecule has 0 aromatic heterocycles. The average molecular weight is 237 g/mol. The molecule has 0 aliphatic heterocycles. The standard InChI is InChI=1S/C10H8ClF3O/c1-2-5-15-9-6-7(10(12,13)14)3-4-8(9)11/h2-4,6H,1,5H2. The van der Waals surface area contributed by atoms with Crippen LogP contribution in [-0.4, -0.2) is 6.61 Å². The Balaban J connectivity index is 3.00. The van der Waals surface area contributed by atoms with Crippen LogP contribution >= 0.6 is 11.6 Å². The number of halogens is 4. The molecular weight excluding hydrogens is 229 g/mol. The normalized spacial score (nSPS) is 11.2. The van der Waals surface area contributed by atoms with E-state index >= 15 is 0 Å². The van der Waals surface area contributed by atoms with Gasteiger partial charge in [-0.25, -0.2) is 0 Å². The van der Waals surface area contributed by atoms with E-state index < -0.39 is 11.7 Å². The second-order valence-corrected chi connectivity index (χ2v) is 3.15. The van der Waals surface area contributed by atoms with Crippen molar-refractivity contribution >= 4 is 11.6 Å². The van der Waals surface area contributed by atoms with Gasteiger partial charge < -0.3 is 4.74 Å². The Morgan fingerprint density at radius 3 is 2.60 bits per heavy atom. The van der Waals surface area contributed by atoms with Crippen molar-refractivity contribution < 1.29 is 17.9 Å².